The van der Waals surface area contributed by atoms with Crippen LogP contribution in [0.2, 0.25) is 0 Å². The minimum absolute atomic E-state index is 0.0533. The lowest BCUT2D eigenvalue weighted by Gasteiger charge is -2.10. The van der Waals surface area contributed by atoms with Crippen molar-refractivity contribution in [1.29, 1.82) is 0 Å². The highest BCUT2D eigenvalue weighted by Crippen LogP contribution is 2.24. The molecule has 9 heteroatoms. The van der Waals surface area contributed by atoms with Gasteiger partial charge in [-0.25, -0.2) is 13.4 Å². The normalized spacial score (nSPS) is 20.2. The second-order valence-electron chi connectivity index (χ2n) is 5.37. The number of esters is 1. The molecule has 0 aliphatic carbocycles. The fourth-order valence-electron chi connectivity index (χ4n) is 2.65. The number of aromatic nitrogens is 2. The minimum Gasteiger partial charge on any atom is -0.457 e. The van der Waals surface area contributed by atoms with Gasteiger partial charge in [0.05, 0.1) is 28.5 Å². The Kier molecular flexibility index (Phi) is 4.05. The van der Waals surface area contributed by atoms with Gasteiger partial charge in [-0.3, -0.25) is 9.36 Å². The molecular weight excluding hydrogens is 330 g/mol. The third kappa shape index (κ3) is 3.19. The van der Waals surface area contributed by atoms with E-state index in [0.29, 0.717) is 10.1 Å². The summed E-state index contributed by atoms with van der Waals surface area (Å²) in [6.07, 6.45) is 0.201. The number of para-hydroxylation sites is 2. The molecule has 1 aromatic carbocycles. The molecule has 0 saturated carbocycles. The summed E-state index contributed by atoms with van der Waals surface area (Å²) >= 11 is 0. The van der Waals surface area contributed by atoms with Crippen molar-refractivity contribution in [2.45, 2.75) is 19.6 Å². The van der Waals surface area contributed by atoms with Gasteiger partial charge in [-0.1, -0.05) is 12.1 Å². The molecule has 1 aliphatic heterocycles. The Hall–Kier alpha value is -2.03. The second-order valence-corrected chi connectivity index (χ2v) is 7.60. The zero-order valence-electron chi connectivity index (χ0n) is 12.0. The van der Waals surface area contributed by atoms with E-state index < -0.39 is 34.9 Å². The number of alkyl halides is 2. The summed E-state index contributed by atoms with van der Waals surface area (Å²) in [5, 5.41) is 0. The van der Waals surface area contributed by atoms with Crippen LogP contribution < -0.4 is 0 Å². The molecule has 1 saturated heterocycles. The predicted molar refractivity (Wildman–Crippen MR) is 77.5 cm³/mol. The largest absolute Gasteiger partial charge is 0.457 e. The molecule has 124 valence electrons. The van der Waals surface area contributed by atoms with E-state index in [9.17, 15) is 22.0 Å². The predicted octanol–water partition coefficient (Wildman–Crippen LogP) is 1.91. The molecule has 0 unspecified atom stereocenters. The summed E-state index contributed by atoms with van der Waals surface area (Å²) in [6.45, 7) is -3.24. The van der Waals surface area contributed by atoms with Crippen LogP contribution in [0.5, 0.6) is 0 Å². The number of carbonyl (C=O) groups is 1. The first-order chi connectivity index (χ1) is 10.9. The maximum absolute atomic E-state index is 13.2. The SMILES string of the molecule is O=C(OCc1nc2ccccc2n1C(F)F)[C@H]1CCS(=O)(=O)C1. The van der Waals surface area contributed by atoms with Gasteiger partial charge in [0.15, 0.2) is 15.7 Å². The van der Waals surface area contributed by atoms with Crippen molar-refractivity contribution < 1.29 is 26.7 Å². The average molecular weight is 344 g/mol. The van der Waals surface area contributed by atoms with E-state index in [1.54, 1.807) is 18.2 Å². The van der Waals surface area contributed by atoms with Gasteiger partial charge < -0.3 is 4.74 Å². The first-order valence-corrected chi connectivity index (χ1v) is 8.80. The van der Waals surface area contributed by atoms with Crippen LogP contribution >= 0.6 is 0 Å². The highest BCUT2D eigenvalue weighted by molar-refractivity contribution is 7.91. The van der Waals surface area contributed by atoms with Gasteiger partial charge in [0.1, 0.15) is 6.61 Å². The van der Waals surface area contributed by atoms with Crippen LogP contribution in [0.25, 0.3) is 11.0 Å². The fourth-order valence-corrected chi connectivity index (χ4v) is 4.37. The maximum atomic E-state index is 13.2. The van der Waals surface area contributed by atoms with Crippen molar-refractivity contribution >= 4 is 26.8 Å². The Balaban J connectivity index is 1.77. The molecule has 1 fully saturated rings. The number of sulfone groups is 1. The molecular formula is C14H14F2N2O4S. The summed E-state index contributed by atoms with van der Waals surface area (Å²) in [5.74, 6) is -1.81. The lowest BCUT2D eigenvalue weighted by atomic mass is 10.1. The Morgan fingerprint density at radius 3 is 2.78 bits per heavy atom. The van der Waals surface area contributed by atoms with Crippen LogP contribution in [0.1, 0.15) is 18.8 Å². The molecule has 0 radical (unpaired) electrons. The van der Waals surface area contributed by atoms with Crippen molar-refractivity contribution in [3.05, 3.63) is 30.1 Å². The second kappa shape index (κ2) is 5.88. The lowest BCUT2D eigenvalue weighted by molar-refractivity contribution is -0.149. The fraction of sp³-hybridized carbons (Fsp3) is 0.429. The third-order valence-electron chi connectivity index (χ3n) is 3.77. The van der Waals surface area contributed by atoms with Gasteiger partial charge in [-0.2, -0.15) is 8.78 Å². The van der Waals surface area contributed by atoms with E-state index in [1.165, 1.54) is 6.07 Å². The number of nitrogens with zero attached hydrogens (tertiary/aromatic N) is 2. The number of benzene rings is 1. The van der Waals surface area contributed by atoms with Crippen molar-refractivity contribution in [3.63, 3.8) is 0 Å². The number of hydrogen-bond donors (Lipinski definition) is 0. The molecule has 0 spiro atoms. The topological polar surface area (TPSA) is 78.3 Å². The van der Waals surface area contributed by atoms with Crippen molar-refractivity contribution in [1.82, 2.24) is 9.55 Å². The van der Waals surface area contributed by atoms with Crippen LogP contribution in [0, 0.1) is 5.92 Å². The third-order valence-corrected chi connectivity index (χ3v) is 5.54. The molecule has 1 aliphatic rings. The summed E-state index contributed by atoms with van der Waals surface area (Å²) < 4.78 is 54.9. The van der Waals surface area contributed by atoms with Crippen LogP contribution in [0.3, 0.4) is 0 Å². The van der Waals surface area contributed by atoms with E-state index in [0.717, 1.165) is 0 Å². The molecule has 0 N–H and O–H groups in total. The zero-order valence-corrected chi connectivity index (χ0v) is 12.8. The van der Waals surface area contributed by atoms with Gasteiger partial charge in [0.25, 0.3) is 0 Å². The van der Waals surface area contributed by atoms with Gasteiger partial charge >= 0.3 is 12.5 Å². The van der Waals surface area contributed by atoms with E-state index in [2.05, 4.69) is 4.98 Å². The number of rotatable bonds is 4. The molecule has 1 atom stereocenters. The van der Waals surface area contributed by atoms with Crippen LogP contribution in [0.15, 0.2) is 24.3 Å². The van der Waals surface area contributed by atoms with Crippen molar-refractivity contribution in [2.75, 3.05) is 11.5 Å². The first kappa shape index (κ1) is 15.9. The smallest absolute Gasteiger partial charge is 0.320 e. The molecule has 6 nitrogen and oxygen atoms in total. The van der Waals surface area contributed by atoms with E-state index in [1.807, 2.05) is 0 Å². The zero-order chi connectivity index (χ0) is 16.6. The Morgan fingerprint density at radius 1 is 1.39 bits per heavy atom. The molecule has 23 heavy (non-hydrogen) atoms. The average Bonchev–Trinajstić information content (AvgIpc) is 3.04. The van der Waals surface area contributed by atoms with Crippen LogP contribution in [0.4, 0.5) is 8.78 Å². The van der Waals surface area contributed by atoms with Crippen molar-refractivity contribution in [3.8, 4) is 0 Å². The van der Waals surface area contributed by atoms with E-state index in [4.69, 9.17) is 4.74 Å². The molecule has 1 aromatic heterocycles. The van der Waals surface area contributed by atoms with Crippen LogP contribution in [-0.4, -0.2) is 35.4 Å². The molecule has 0 amide bonds. The maximum Gasteiger partial charge on any atom is 0.320 e. The first-order valence-electron chi connectivity index (χ1n) is 6.98. The highest BCUT2D eigenvalue weighted by atomic mass is 32.2. The molecule has 2 heterocycles. The number of hydrogen-bond acceptors (Lipinski definition) is 5. The van der Waals surface area contributed by atoms with Gasteiger partial charge in [0, 0.05) is 0 Å². The Labute approximate surface area is 131 Å². The Bertz CT molecular complexity index is 848. The van der Waals surface area contributed by atoms with Gasteiger partial charge in [0.2, 0.25) is 0 Å². The van der Waals surface area contributed by atoms with Crippen LogP contribution in [-0.2, 0) is 26.0 Å². The quantitative estimate of drug-likeness (QED) is 0.792. The number of imidazole rings is 1. The number of ether oxygens (including phenoxy) is 1. The summed E-state index contributed by atoms with van der Waals surface area (Å²) in [6, 6.07) is 6.37. The number of halogens is 2. The Morgan fingerprint density at radius 2 is 2.13 bits per heavy atom. The van der Waals surface area contributed by atoms with E-state index >= 15 is 0 Å². The number of carbonyl (C=O) groups excluding carboxylic acids is 1. The van der Waals surface area contributed by atoms with Gasteiger partial charge in [-0.05, 0) is 18.6 Å². The minimum atomic E-state index is -3.21. The van der Waals surface area contributed by atoms with Crippen molar-refractivity contribution in [2.24, 2.45) is 5.92 Å². The monoisotopic (exact) mass is 344 g/mol. The standard InChI is InChI=1S/C14H14F2N2O4S/c15-14(16)18-11-4-2-1-3-10(11)17-12(18)7-22-13(19)9-5-6-23(20,21)8-9/h1-4,9,14H,5-8H2/t9-/m0/s1. The molecule has 2 aromatic rings. The summed E-state index contributed by atoms with van der Waals surface area (Å²) in [5.41, 5.74) is 0.624. The van der Waals surface area contributed by atoms with Gasteiger partial charge in [-0.15, -0.1) is 0 Å². The highest BCUT2D eigenvalue weighted by Gasteiger charge is 2.34. The number of fused-ring (bicyclic) bond motifs is 1. The molecule has 3 rings (SSSR count). The lowest BCUT2D eigenvalue weighted by Crippen LogP contribution is -2.20. The summed E-state index contributed by atoms with van der Waals surface area (Å²) in [4.78, 5) is 15.9. The van der Waals surface area contributed by atoms with E-state index in [-0.39, 0.29) is 29.3 Å². The molecule has 0 bridgehead atoms. The summed E-state index contributed by atoms with van der Waals surface area (Å²) in [7, 11) is -3.21.